The van der Waals surface area contributed by atoms with Crippen LogP contribution in [-0.4, -0.2) is 45.3 Å². The van der Waals surface area contributed by atoms with Crippen molar-refractivity contribution in [3.05, 3.63) is 75.5 Å². The minimum Gasteiger partial charge on any atom is -0.389 e. The quantitative estimate of drug-likeness (QED) is 0.747. The van der Waals surface area contributed by atoms with Gasteiger partial charge in [0.25, 0.3) is 11.5 Å². The Hall–Kier alpha value is -3.06. The second-order valence-electron chi connectivity index (χ2n) is 6.40. The number of nitrogens with one attached hydrogen (secondary N) is 1. The smallest absolute Gasteiger partial charge is 0.272 e. The molecule has 0 unspecified atom stereocenters. The second kappa shape index (κ2) is 6.34. The van der Waals surface area contributed by atoms with E-state index in [2.05, 4.69) is 10.2 Å². The average Bonchev–Trinajstić information content (AvgIpc) is 2.62. The zero-order chi connectivity index (χ0) is 18.3. The largest absolute Gasteiger partial charge is 0.389 e. The minimum atomic E-state index is -0.598. The molecule has 1 fully saturated rings. The summed E-state index contributed by atoms with van der Waals surface area (Å²) in [6, 6.07) is 11.5. The van der Waals surface area contributed by atoms with Crippen LogP contribution in [-0.2, 0) is 6.42 Å². The summed E-state index contributed by atoms with van der Waals surface area (Å²) >= 11 is 0. The Balaban J connectivity index is 1.68. The highest BCUT2D eigenvalue weighted by atomic mass is 19.1. The number of likely N-dealkylation sites (tertiary alicyclic amines) is 1. The van der Waals surface area contributed by atoms with Crippen LogP contribution in [0.1, 0.15) is 21.6 Å². The Morgan fingerprint density at radius 2 is 1.96 bits per heavy atom. The average molecular weight is 353 g/mol. The molecule has 0 bridgehead atoms. The molecule has 0 atom stereocenters. The lowest BCUT2D eigenvalue weighted by atomic mass is 10.0. The van der Waals surface area contributed by atoms with E-state index >= 15 is 0 Å². The molecule has 4 rings (SSSR count). The fraction of sp³-hybridized carbons (Fsp3) is 0.211. The van der Waals surface area contributed by atoms with Crippen molar-refractivity contribution in [1.29, 1.82) is 0 Å². The zero-order valence-corrected chi connectivity index (χ0v) is 13.8. The summed E-state index contributed by atoms with van der Waals surface area (Å²) in [5.74, 6) is -1.03. The summed E-state index contributed by atoms with van der Waals surface area (Å²) in [5.41, 5.74) is 1.06. The lowest BCUT2D eigenvalue weighted by molar-refractivity contribution is 0.00558. The molecule has 6 nitrogen and oxygen atoms in total. The van der Waals surface area contributed by atoms with Crippen LogP contribution in [0.4, 0.5) is 4.39 Å². The van der Waals surface area contributed by atoms with E-state index in [1.165, 1.54) is 17.0 Å². The van der Waals surface area contributed by atoms with Crippen LogP contribution < -0.4 is 5.56 Å². The summed E-state index contributed by atoms with van der Waals surface area (Å²) in [6.45, 7) is 0.434. The highest BCUT2D eigenvalue weighted by molar-refractivity contribution is 5.95. The number of amides is 1. The van der Waals surface area contributed by atoms with Gasteiger partial charge in [-0.15, -0.1) is 0 Å². The van der Waals surface area contributed by atoms with Crippen LogP contribution in [0, 0.1) is 5.82 Å². The number of carbonyl (C=O) groups is 1. The lowest BCUT2D eigenvalue weighted by Gasteiger charge is -2.36. The first kappa shape index (κ1) is 16.4. The van der Waals surface area contributed by atoms with Gasteiger partial charge in [-0.25, -0.2) is 9.49 Å². The molecular weight excluding hydrogens is 337 g/mol. The first-order valence-electron chi connectivity index (χ1n) is 8.25. The monoisotopic (exact) mass is 353 g/mol. The van der Waals surface area contributed by atoms with Crippen molar-refractivity contribution in [2.45, 2.75) is 12.5 Å². The number of aromatic amines is 1. The molecule has 7 heteroatoms. The SMILES string of the molecule is O=C(c1cc(Cc2n[nH]c(=O)c3ccccc23)ccc1F)N1CC(O)C1. The Kier molecular flexibility index (Phi) is 4.00. The second-order valence-corrected chi connectivity index (χ2v) is 6.40. The van der Waals surface area contributed by atoms with Crippen molar-refractivity contribution in [3.63, 3.8) is 0 Å². The number of H-pyrrole nitrogens is 1. The van der Waals surface area contributed by atoms with E-state index in [1.54, 1.807) is 18.2 Å². The molecule has 26 heavy (non-hydrogen) atoms. The molecule has 0 radical (unpaired) electrons. The number of fused-ring (bicyclic) bond motifs is 1. The molecule has 0 aliphatic carbocycles. The topological polar surface area (TPSA) is 86.3 Å². The van der Waals surface area contributed by atoms with Crippen LogP contribution in [0.15, 0.2) is 47.3 Å². The van der Waals surface area contributed by atoms with Gasteiger partial charge in [0.05, 0.1) is 22.7 Å². The number of rotatable bonds is 3. The van der Waals surface area contributed by atoms with E-state index in [0.29, 0.717) is 23.1 Å². The maximum Gasteiger partial charge on any atom is 0.272 e. The molecule has 2 N–H and O–H groups in total. The van der Waals surface area contributed by atoms with Gasteiger partial charge in [0.1, 0.15) is 5.82 Å². The minimum absolute atomic E-state index is 0.0249. The van der Waals surface area contributed by atoms with Crippen LogP contribution >= 0.6 is 0 Å². The number of halogens is 1. The summed E-state index contributed by atoms with van der Waals surface area (Å²) < 4.78 is 14.1. The molecule has 1 aliphatic heterocycles. The Morgan fingerprint density at radius 3 is 2.69 bits per heavy atom. The molecule has 0 saturated carbocycles. The predicted octanol–water partition coefficient (Wildman–Crippen LogP) is 1.47. The first-order valence-corrected chi connectivity index (χ1v) is 8.25. The standard InChI is InChI=1S/C19H16FN3O3/c20-16-6-5-11(7-15(16)19(26)23-9-12(24)10-23)8-17-13-3-1-2-4-14(13)18(25)22-21-17/h1-7,12,24H,8-10H2,(H,22,25). The molecule has 2 aromatic carbocycles. The first-order chi connectivity index (χ1) is 12.5. The Morgan fingerprint density at radius 1 is 1.23 bits per heavy atom. The van der Waals surface area contributed by atoms with Gasteiger partial charge in [0, 0.05) is 24.9 Å². The number of benzene rings is 2. The maximum atomic E-state index is 14.1. The summed E-state index contributed by atoms with van der Waals surface area (Å²) in [5, 5.41) is 17.2. The number of aliphatic hydroxyl groups excluding tert-OH is 1. The summed E-state index contributed by atoms with van der Waals surface area (Å²) in [4.78, 5) is 25.6. The van der Waals surface area contributed by atoms with Gasteiger partial charge in [-0.1, -0.05) is 24.3 Å². The molecule has 1 saturated heterocycles. The van der Waals surface area contributed by atoms with Gasteiger partial charge < -0.3 is 10.0 Å². The van der Waals surface area contributed by atoms with Crippen molar-refractivity contribution in [1.82, 2.24) is 15.1 Å². The van der Waals surface area contributed by atoms with E-state index in [9.17, 15) is 19.1 Å². The van der Waals surface area contributed by atoms with E-state index in [1.807, 2.05) is 12.1 Å². The van der Waals surface area contributed by atoms with Gasteiger partial charge in [0.15, 0.2) is 0 Å². The number of hydrogen-bond donors (Lipinski definition) is 2. The van der Waals surface area contributed by atoms with Gasteiger partial charge in [-0.3, -0.25) is 9.59 Å². The van der Waals surface area contributed by atoms with Crippen molar-refractivity contribution < 1.29 is 14.3 Å². The lowest BCUT2D eigenvalue weighted by Crippen LogP contribution is -2.53. The number of β-amino-alcohol motifs (C(OH)–C–C–N with tert-alkyl or cyclic N) is 1. The summed E-state index contributed by atoms with van der Waals surface area (Å²) in [7, 11) is 0. The van der Waals surface area contributed by atoms with Crippen LogP contribution in [0.2, 0.25) is 0 Å². The van der Waals surface area contributed by atoms with Gasteiger partial charge in [-0.2, -0.15) is 5.10 Å². The van der Waals surface area contributed by atoms with Crippen molar-refractivity contribution >= 4 is 16.7 Å². The number of nitrogens with zero attached hydrogens (tertiary/aromatic N) is 2. The van der Waals surface area contributed by atoms with Crippen LogP contribution in [0.3, 0.4) is 0 Å². The molecule has 1 aromatic heterocycles. The number of aliphatic hydroxyl groups is 1. The molecule has 1 amide bonds. The Labute approximate surface area is 147 Å². The molecule has 3 aromatic rings. The van der Waals surface area contributed by atoms with Crippen molar-refractivity contribution in [3.8, 4) is 0 Å². The molecule has 0 spiro atoms. The van der Waals surface area contributed by atoms with Gasteiger partial charge >= 0.3 is 0 Å². The number of aromatic nitrogens is 2. The van der Waals surface area contributed by atoms with Crippen molar-refractivity contribution in [2.75, 3.05) is 13.1 Å². The molecule has 2 heterocycles. The third-order valence-electron chi connectivity index (χ3n) is 4.56. The van der Waals surface area contributed by atoms with Gasteiger partial charge in [-0.05, 0) is 23.8 Å². The van der Waals surface area contributed by atoms with Crippen LogP contribution in [0.5, 0.6) is 0 Å². The third-order valence-corrected chi connectivity index (χ3v) is 4.56. The Bertz CT molecular complexity index is 1060. The summed E-state index contributed by atoms with van der Waals surface area (Å²) in [6.07, 6.45) is -0.192. The third kappa shape index (κ3) is 2.86. The molecule has 132 valence electrons. The number of hydrogen-bond acceptors (Lipinski definition) is 4. The van der Waals surface area contributed by atoms with Crippen LogP contribution in [0.25, 0.3) is 10.8 Å². The van der Waals surface area contributed by atoms with E-state index in [0.717, 1.165) is 5.39 Å². The fourth-order valence-corrected chi connectivity index (χ4v) is 3.14. The normalized spacial score (nSPS) is 14.5. The fourth-order valence-electron chi connectivity index (χ4n) is 3.14. The maximum absolute atomic E-state index is 14.1. The molecular formula is C19H16FN3O3. The highest BCUT2D eigenvalue weighted by Crippen LogP contribution is 2.21. The number of carbonyl (C=O) groups excluding carboxylic acids is 1. The van der Waals surface area contributed by atoms with E-state index in [4.69, 9.17) is 0 Å². The molecule has 1 aliphatic rings. The van der Waals surface area contributed by atoms with E-state index < -0.39 is 17.8 Å². The van der Waals surface area contributed by atoms with E-state index in [-0.39, 0.29) is 24.2 Å². The predicted molar refractivity (Wildman–Crippen MR) is 93.5 cm³/mol. The van der Waals surface area contributed by atoms with Gasteiger partial charge in [0.2, 0.25) is 0 Å². The van der Waals surface area contributed by atoms with Crippen molar-refractivity contribution in [2.24, 2.45) is 0 Å². The zero-order valence-electron chi connectivity index (χ0n) is 13.8. The highest BCUT2D eigenvalue weighted by Gasteiger charge is 2.30.